The van der Waals surface area contributed by atoms with Gasteiger partial charge in [0.25, 0.3) is 5.91 Å². The number of benzene rings is 1. The van der Waals surface area contributed by atoms with Gasteiger partial charge in [0, 0.05) is 42.1 Å². The molecule has 5 rings (SSSR count). The Morgan fingerprint density at radius 3 is 2.71 bits per heavy atom. The first-order valence-corrected chi connectivity index (χ1v) is 10.7. The molecule has 1 aliphatic heterocycles. The SMILES string of the molecule is Cc1ccc(C(=O)N2CC(Cn3ccc4nc(-c5cn[nH]c5)ccc43)CC2(C)C)cc1. The van der Waals surface area contributed by atoms with E-state index in [1.54, 1.807) is 6.20 Å². The Labute approximate surface area is 181 Å². The zero-order valence-electron chi connectivity index (χ0n) is 18.2. The number of carbonyl (C=O) groups excluding carboxylic acids is 1. The number of amides is 1. The number of likely N-dealkylation sites (tertiary alicyclic amines) is 1. The minimum atomic E-state index is -0.164. The summed E-state index contributed by atoms with van der Waals surface area (Å²) in [4.78, 5) is 20.0. The third-order valence-corrected chi connectivity index (χ3v) is 6.38. The van der Waals surface area contributed by atoms with Gasteiger partial charge in [0.05, 0.1) is 22.9 Å². The maximum Gasteiger partial charge on any atom is 0.254 e. The average molecular weight is 414 g/mol. The zero-order valence-corrected chi connectivity index (χ0v) is 18.2. The van der Waals surface area contributed by atoms with Gasteiger partial charge in [-0.1, -0.05) is 17.7 Å². The van der Waals surface area contributed by atoms with Crippen LogP contribution in [0.2, 0.25) is 0 Å². The first-order chi connectivity index (χ1) is 14.9. The van der Waals surface area contributed by atoms with Crippen molar-refractivity contribution in [3.8, 4) is 11.3 Å². The van der Waals surface area contributed by atoms with Crippen LogP contribution in [0.5, 0.6) is 0 Å². The summed E-state index contributed by atoms with van der Waals surface area (Å²) < 4.78 is 2.27. The summed E-state index contributed by atoms with van der Waals surface area (Å²) in [5.41, 5.74) is 5.76. The van der Waals surface area contributed by atoms with Crippen LogP contribution in [0.1, 0.15) is 36.2 Å². The lowest BCUT2D eigenvalue weighted by atomic mass is 9.96. The van der Waals surface area contributed by atoms with E-state index in [4.69, 9.17) is 4.98 Å². The van der Waals surface area contributed by atoms with E-state index in [0.717, 1.165) is 47.4 Å². The zero-order chi connectivity index (χ0) is 21.6. The maximum atomic E-state index is 13.2. The van der Waals surface area contributed by atoms with Crippen molar-refractivity contribution in [1.29, 1.82) is 0 Å². The molecule has 0 aliphatic carbocycles. The molecule has 1 N–H and O–H groups in total. The number of aromatic nitrogens is 4. The summed E-state index contributed by atoms with van der Waals surface area (Å²) in [6.45, 7) is 8.02. The molecular weight excluding hydrogens is 386 g/mol. The van der Waals surface area contributed by atoms with Gasteiger partial charge in [-0.3, -0.25) is 9.89 Å². The topological polar surface area (TPSA) is 66.8 Å². The predicted molar refractivity (Wildman–Crippen MR) is 122 cm³/mol. The Balaban J connectivity index is 1.35. The van der Waals surface area contributed by atoms with E-state index in [9.17, 15) is 4.79 Å². The highest BCUT2D eigenvalue weighted by Gasteiger charge is 2.41. The number of pyridine rings is 1. The fourth-order valence-electron chi connectivity index (χ4n) is 4.78. The van der Waals surface area contributed by atoms with Crippen molar-refractivity contribution in [3.63, 3.8) is 0 Å². The van der Waals surface area contributed by atoms with Crippen LogP contribution in [-0.4, -0.2) is 42.6 Å². The van der Waals surface area contributed by atoms with Gasteiger partial charge in [-0.15, -0.1) is 0 Å². The molecule has 1 amide bonds. The van der Waals surface area contributed by atoms with Crippen molar-refractivity contribution < 1.29 is 4.79 Å². The molecule has 1 atom stereocenters. The monoisotopic (exact) mass is 413 g/mol. The van der Waals surface area contributed by atoms with Crippen LogP contribution < -0.4 is 0 Å². The summed E-state index contributed by atoms with van der Waals surface area (Å²) in [5, 5.41) is 6.85. The molecule has 1 unspecified atom stereocenters. The van der Waals surface area contributed by atoms with Gasteiger partial charge < -0.3 is 9.47 Å². The lowest BCUT2D eigenvalue weighted by Crippen LogP contribution is -2.42. The third-order valence-electron chi connectivity index (χ3n) is 6.38. The van der Waals surface area contributed by atoms with E-state index in [0.29, 0.717) is 5.92 Å². The smallest absolute Gasteiger partial charge is 0.254 e. The van der Waals surface area contributed by atoms with E-state index < -0.39 is 0 Å². The number of carbonyl (C=O) groups is 1. The van der Waals surface area contributed by atoms with Crippen LogP contribution in [-0.2, 0) is 6.54 Å². The molecule has 1 saturated heterocycles. The second-order valence-corrected chi connectivity index (χ2v) is 9.22. The first kappa shape index (κ1) is 19.5. The van der Waals surface area contributed by atoms with E-state index in [2.05, 4.69) is 46.9 Å². The van der Waals surface area contributed by atoms with Crippen LogP contribution in [0, 0.1) is 12.8 Å². The highest BCUT2D eigenvalue weighted by molar-refractivity contribution is 5.95. The van der Waals surface area contributed by atoms with Gasteiger partial charge in [0.15, 0.2) is 0 Å². The van der Waals surface area contributed by atoms with Gasteiger partial charge >= 0.3 is 0 Å². The number of H-pyrrole nitrogens is 1. The fourth-order valence-corrected chi connectivity index (χ4v) is 4.78. The van der Waals surface area contributed by atoms with Crippen LogP contribution in [0.4, 0.5) is 0 Å². The Morgan fingerprint density at radius 2 is 1.97 bits per heavy atom. The molecule has 0 radical (unpaired) electrons. The molecule has 1 aliphatic rings. The second kappa shape index (κ2) is 7.38. The molecule has 158 valence electrons. The number of aromatic amines is 1. The quantitative estimate of drug-likeness (QED) is 0.528. The maximum absolute atomic E-state index is 13.2. The van der Waals surface area contributed by atoms with Crippen LogP contribution >= 0.6 is 0 Å². The highest BCUT2D eigenvalue weighted by Crippen LogP contribution is 2.35. The minimum absolute atomic E-state index is 0.122. The van der Waals surface area contributed by atoms with Gasteiger partial charge in [0.2, 0.25) is 0 Å². The molecule has 3 aromatic heterocycles. The fraction of sp³-hybridized carbons (Fsp3) is 0.320. The molecule has 1 fully saturated rings. The summed E-state index contributed by atoms with van der Waals surface area (Å²) in [6.07, 6.45) is 6.72. The van der Waals surface area contributed by atoms with Crippen LogP contribution in [0.25, 0.3) is 22.3 Å². The standard InChI is InChI=1S/C25H27N5O/c1-17-4-6-19(7-5-17)24(31)30-16-18(12-25(30,2)3)15-29-11-10-22-23(29)9-8-21(28-22)20-13-26-27-14-20/h4-11,13-14,18H,12,15-16H2,1-3H3,(H,26,27). The number of hydrogen-bond donors (Lipinski definition) is 1. The van der Waals surface area contributed by atoms with Gasteiger partial charge in [0.1, 0.15) is 0 Å². The second-order valence-electron chi connectivity index (χ2n) is 9.22. The van der Waals surface area contributed by atoms with Crippen molar-refractivity contribution in [3.05, 3.63) is 72.2 Å². The molecular formula is C25H27N5O. The van der Waals surface area contributed by atoms with Crippen molar-refractivity contribution in [2.45, 2.75) is 39.3 Å². The Hall–Kier alpha value is -3.41. The molecule has 6 nitrogen and oxygen atoms in total. The molecule has 4 aromatic rings. The van der Waals surface area contributed by atoms with Crippen LogP contribution in [0.3, 0.4) is 0 Å². The lowest BCUT2D eigenvalue weighted by molar-refractivity contribution is 0.0649. The number of nitrogens with zero attached hydrogens (tertiary/aromatic N) is 4. The number of fused-ring (bicyclic) bond motifs is 1. The van der Waals surface area contributed by atoms with E-state index >= 15 is 0 Å². The molecule has 0 saturated carbocycles. The number of hydrogen-bond acceptors (Lipinski definition) is 3. The summed E-state index contributed by atoms with van der Waals surface area (Å²) in [7, 11) is 0. The van der Waals surface area contributed by atoms with E-state index in [-0.39, 0.29) is 11.4 Å². The number of nitrogens with one attached hydrogen (secondary N) is 1. The molecule has 31 heavy (non-hydrogen) atoms. The summed E-state index contributed by atoms with van der Waals surface area (Å²) in [5.74, 6) is 0.518. The Morgan fingerprint density at radius 1 is 1.16 bits per heavy atom. The Kier molecular flexibility index (Phi) is 4.65. The molecule has 0 spiro atoms. The van der Waals surface area contributed by atoms with E-state index in [1.165, 1.54) is 5.56 Å². The minimum Gasteiger partial charge on any atom is -0.346 e. The first-order valence-electron chi connectivity index (χ1n) is 10.7. The highest BCUT2D eigenvalue weighted by atomic mass is 16.2. The summed E-state index contributed by atoms with van der Waals surface area (Å²) in [6, 6.07) is 14.1. The molecule has 1 aromatic carbocycles. The summed E-state index contributed by atoms with van der Waals surface area (Å²) >= 11 is 0. The van der Waals surface area contributed by atoms with Crippen molar-refractivity contribution in [2.75, 3.05) is 6.54 Å². The van der Waals surface area contributed by atoms with Crippen molar-refractivity contribution in [2.24, 2.45) is 5.92 Å². The lowest BCUT2D eigenvalue weighted by Gasteiger charge is -2.31. The van der Waals surface area contributed by atoms with Gasteiger partial charge in [-0.2, -0.15) is 5.10 Å². The van der Waals surface area contributed by atoms with E-state index in [1.807, 2.05) is 48.4 Å². The molecule has 4 heterocycles. The van der Waals surface area contributed by atoms with Gasteiger partial charge in [-0.25, -0.2) is 4.98 Å². The van der Waals surface area contributed by atoms with Crippen LogP contribution in [0.15, 0.2) is 61.1 Å². The van der Waals surface area contributed by atoms with Crippen molar-refractivity contribution >= 4 is 16.9 Å². The Bertz CT molecular complexity index is 1220. The largest absolute Gasteiger partial charge is 0.346 e. The predicted octanol–water partition coefficient (Wildman–Crippen LogP) is 4.68. The van der Waals surface area contributed by atoms with Gasteiger partial charge in [-0.05, 0) is 63.4 Å². The average Bonchev–Trinajstić information content (AvgIpc) is 3.47. The van der Waals surface area contributed by atoms with Crippen molar-refractivity contribution in [1.82, 2.24) is 24.6 Å². The molecule has 0 bridgehead atoms. The number of rotatable bonds is 4. The normalized spacial score (nSPS) is 18.0. The number of aryl methyl sites for hydroxylation is 1. The third kappa shape index (κ3) is 3.63. The molecule has 6 heteroatoms.